The molecule has 0 atom stereocenters. The number of aryl methyl sites for hydroxylation is 2. The maximum Gasteiger partial charge on any atom is 0.256 e. The van der Waals surface area contributed by atoms with Crippen LogP contribution in [0.2, 0.25) is 0 Å². The molecule has 1 aromatic rings. The zero-order chi connectivity index (χ0) is 15.4. The van der Waals surface area contributed by atoms with Gasteiger partial charge < -0.3 is 15.1 Å². The maximum atomic E-state index is 12.4. The molecule has 0 unspecified atom stereocenters. The molecular formula is C14H21N5O2. The highest BCUT2D eigenvalue weighted by Crippen LogP contribution is 2.09. The van der Waals surface area contributed by atoms with E-state index in [-0.39, 0.29) is 18.4 Å². The molecule has 1 N–H and O–H groups in total. The van der Waals surface area contributed by atoms with Gasteiger partial charge in [-0.1, -0.05) is 0 Å². The number of aromatic nitrogens is 2. The zero-order valence-electron chi connectivity index (χ0n) is 12.7. The Hall–Kier alpha value is -2.02. The average Bonchev–Trinajstić information content (AvgIpc) is 2.49. The van der Waals surface area contributed by atoms with Gasteiger partial charge in [-0.3, -0.25) is 9.59 Å². The van der Waals surface area contributed by atoms with Gasteiger partial charge in [-0.05, 0) is 19.9 Å². The number of carbonyl (C=O) groups is 2. The van der Waals surface area contributed by atoms with Gasteiger partial charge >= 0.3 is 0 Å². The highest BCUT2D eigenvalue weighted by atomic mass is 16.2. The van der Waals surface area contributed by atoms with E-state index in [1.54, 1.807) is 31.9 Å². The molecule has 0 saturated carbocycles. The maximum absolute atomic E-state index is 12.4. The lowest BCUT2D eigenvalue weighted by Crippen LogP contribution is -2.49. The van der Waals surface area contributed by atoms with Crippen molar-refractivity contribution < 1.29 is 9.59 Å². The fourth-order valence-corrected chi connectivity index (χ4v) is 2.26. The molecule has 2 heterocycles. The minimum Gasteiger partial charge on any atom is -0.339 e. The van der Waals surface area contributed by atoms with Crippen LogP contribution in [0.15, 0.2) is 6.07 Å². The Kier molecular flexibility index (Phi) is 4.85. The highest BCUT2D eigenvalue weighted by Gasteiger charge is 2.22. The summed E-state index contributed by atoms with van der Waals surface area (Å²) in [5.74, 6) is -0.224. The molecular weight excluding hydrogens is 270 g/mol. The summed E-state index contributed by atoms with van der Waals surface area (Å²) in [5, 5.41) is 11.1. The second kappa shape index (κ2) is 6.62. The van der Waals surface area contributed by atoms with Crippen LogP contribution in [0, 0.1) is 13.8 Å². The van der Waals surface area contributed by atoms with E-state index in [0.29, 0.717) is 30.0 Å². The van der Waals surface area contributed by atoms with Crippen molar-refractivity contribution >= 4 is 11.8 Å². The van der Waals surface area contributed by atoms with Crippen LogP contribution in [0.1, 0.15) is 21.7 Å². The Morgan fingerprint density at radius 3 is 2.62 bits per heavy atom. The van der Waals surface area contributed by atoms with Crippen LogP contribution in [0.4, 0.5) is 0 Å². The van der Waals surface area contributed by atoms with Gasteiger partial charge in [0.1, 0.15) is 0 Å². The van der Waals surface area contributed by atoms with Crippen LogP contribution in [0.5, 0.6) is 0 Å². The Morgan fingerprint density at radius 2 is 1.95 bits per heavy atom. The van der Waals surface area contributed by atoms with Gasteiger partial charge in [0.25, 0.3) is 5.91 Å². The second-order valence-electron chi connectivity index (χ2n) is 5.28. The summed E-state index contributed by atoms with van der Waals surface area (Å²) in [6.45, 7) is 6.60. The number of hydrogen-bond donors (Lipinski definition) is 1. The Bertz CT molecular complexity index is 540. The third kappa shape index (κ3) is 3.75. The van der Waals surface area contributed by atoms with Gasteiger partial charge in [0.15, 0.2) is 0 Å². The van der Waals surface area contributed by atoms with Crippen molar-refractivity contribution in [3.05, 3.63) is 23.0 Å². The third-order valence-electron chi connectivity index (χ3n) is 3.52. The summed E-state index contributed by atoms with van der Waals surface area (Å²) in [7, 11) is 1.64. The van der Waals surface area contributed by atoms with E-state index in [1.807, 2.05) is 0 Å². The van der Waals surface area contributed by atoms with E-state index in [9.17, 15) is 9.59 Å². The van der Waals surface area contributed by atoms with E-state index in [1.165, 1.54) is 4.90 Å². The first-order valence-corrected chi connectivity index (χ1v) is 7.04. The highest BCUT2D eigenvalue weighted by molar-refractivity contribution is 5.97. The third-order valence-corrected chi connectivity index (χ3v) is 3.52. The van der Waals surface area contributed by atoms with Crippen LogP contribution in [0.25, 0.3) is 0 Å². The van der Waals surface area contributed by atoms with E-state index < -0.39 is 0 Å². The molecule has 0 spiro atoms. The smallest absolute Gasteiger partial charge is 0.256 e. The van der Waals surface area contributed by atoms with Crippen molar-refractivity contribution in [1.29, 1.82) is 0 Å². The van der Waals surface area contributed by atoms with Crippen LogP contribution < -0.4 is 5.32 Å². The van der Waals surface area contributed by atoms with Crippen LogP contribution in [0.3, 0.4) is 0 Å². The summed E-state index contributed by atoms with van der Waals surface area (Å²) in [4.78, 5) is 27.8. The zero-order valence-corrected chi connectivity index (χ0v) is 12.7. The van der Waals surface area contributed by atoms with Crippen molar-refractivity contribution in [2.75, 3.05) is 39.8 Å². The van der Waals surface area contributed by atoms with Crippen molar-refractivity contribution in [2.45, 2.75) is 13.8 Å². The lowest BCUT2D eigenvalue weighted by atomic mass is 10.1. The summed E-state index contributed by atoms with van der Waals surface area (Å²) in [5.41, 5.74) is 1.76. The number of piperazine rings is 1. The summed E-state index contributed by atoms with van der Waals surface area (Å²) < 4.78 is 0. The number of likely N-dealkylation sites (N-methyl/N-ethyl adjacent to an activating group) is 1. The Balaban J connectivity index is 2.02. The summed E-state index contributed by atoms with van der Waals surface area (Å²) in [6, 6.07) is 1.70. The number of hydrogen-bond acceptors (Lipinski definition) is 5. The molecule has 1 aliphatic heterocycles. The van der Waals surface area contributed by atoms with Gasteiger partial charge in [-0.25, -0.2) is 0 Å². The van der Waals surface area contributed by atoms with Gasteiger partial charge in [0.2, 0.25) is 5.91 Å². The first-order chi connectivity index (χ1) is 9.99. The van der Waals surface area contributed by atoms with E-state index >= 15 is 0 Å². The number of rotatable bonds is 3. The lowest BCUT2D eigenvalue weighted by Gasteiger charge is -2.29. The fraction of sp³-hybridized carbons (Fsp3) is 0.571. The van der Waals surface area contributed by atoms with Gasteiger partial charge in [0, 0.05) is 33.2 Å². The summed E-state index contributed by atoms with van der Waals surface area (Å²) in [6.07, 6.45) is 0. The predicted molar refractivity (Wildman–Crippen MR) is 77.9 cm³/mol. The molecule has 2 amide bonds. The number of amides is 2. The standard InChI is InChI=1S/C14H21N5O2/c1-10-8-12(11(2)17-16-10)14(21)18(3)9-13(20)19-6-4-15-5-7-19/h8,15H,4-7,9H2,1-3H3. The molecule has 2 rings (SSSR count). The van der Waals surface area contributed by atoms with Crippen molar-refractivity contribution in [1.82, 2.24) is 25.3 Å². The SMILES string of the molecule is Cc1cc(C(=O)N(C)CC(=O)N2CCNCC2)c(C)nn1. The molecule has 7 nitrogen and oxygen atoms in total. The van der Waals surface area contributed by atoms with Crippen LogP contribution in [-0.4, -0.2) is 71.6 Å². The molecule has 114 valence electrons. The second-order valence-corrected chi connectivity index (χ2v) is 5.28. The number of nitrogens with zero attached hydrogens (tertiary/aromatic N) is 4. The largest absolute Gasteiger partial charge is 0.339 e. The van der Waals surface area contributed by atoms with Crippen molar-refractivity contribution in [3.8, 4) is 0 Å². The molecule has 0 aliphatic carbocycles. The molecule has 21 heavy (non-hydrogen) atoms. The van der Waals surface area contributed by atoms with E-state index in [0.717, 1.165) is 13.1 Å². The minimum absolute atomic E-state index is 0.0243. The van der Waals surface area contributed by atoms with E-state index in [4.69, 9.17) is 0 Å². The molecule has 1 saturated heterocycles. The average molecular weight is 291 g/mol. The van der Waals surface area contributed by atoms with Gasteiger partial charge in [-0.2, -0.15) is 10.2 Å². The summed E-state index contributed by atoms with van der Waals surface area (Å²) >= 11 is 0. The minimum atomic E-state index is -0.200. The topological polar surface area (TPSA) is 78.4 Å². The molecule has 1 fully saturated rings. The molecule has 0 radical (unpaired) electrons. The predicted octanol–water partition coefficient (Wildman–Crippen LogP) is -0.403. The molecule has 1 aromatic heterocycles. The molecule has 0 aromatic carbocycles. The van der Waals surface area contributed by atoms with E-state index in [2.05, 4.69) is 15.5 Å². The quantitative estimate of drug-likeness (QED) is 0.819. The molecule has 7 heteroatoms. The Morgan fingerprint density at radius 1 is 1.29 bits per heavy atom. The molecule has 1 aliphatic rings. The van der Waals surface area contributed by atoms with Gasteiger partial charge in [-0.15, -0.1) is 0 Å². The first kappa shape index (κ1) is 15.4. The normalized spacial score (nSPS) is 14.9. The first-order valence-electron chi connectivity index (χ1n) is 7.04. The monoisotopic (exact) mass is 291 g/mol. The van der Waals surface area contributed by atoms with Crippen LogP contribution in [-0.2, 0) is 4.79 Å². The van der Waals surface area contributed by atoms with Crippen molar-refractivity contribution in [2.24, 2.45) is 0 Å². The molecule has 0 bridgehead atoms. The van der Waals surface area contributed by atoms with Crippen LogP contribution >= 0.6 is 0 Å². The van der Waals surface area contributed by atoms with Gasteiger partial charge in [0.05, 0.1) is 23.5 Å². The number of carbonyl (C=O) groups excluding carboxylic acids is 2. The fourth-order valence-electron chi connectivity index (χ4n) is 2.26. The Labute approximate surface area is 124 Å². The number of nitrogens with one attached hydrogen (secondary N) is 1. The lowest BCUT2D eigenvalue weighted by molar-refractivity contribution is -0.132. The van der Waals surface area contributed by atoms with Crippen molar-refractivity contribution in [3.63, 3.8) is 0 Å².